The molecule has 0 aromatic rings. The van der Waals surface area contributed by atoms with Crippen LogP contribution in [0.1, 0.15) is 26.7 Å². The molecular weight excluding hydrogens is 252 g/mol. The van der Waals surface area contributed by atoms with E-state index in [2.05, 4.69) is 28.9 Å². The van der Waals surface area contributed by atoms with Crippen molar-refractivity contribution in [2.75, 3.05) is 52.5 Å². The van der Waals surface area contributed by atoms with Crippen LogP contribution in [0.3, 0.4) is 0 Å². The van der Waals surface area contributed by atoms with Crippen LogP contribution in [0, 0.1) is 0 Å². The van der Waals surface area contributed by atoms with E-state index in [1.54, 1.807) is 0 Å². The molecule has 0 aliphatic carbocycles. The minimum absolute atomic E-state index is 0.168. The predicted molar refractivity (Wildman–Crippen MR) is 83.8 cm³/mol. The summed E-state index contributed by atoms with van der Waals surface area (Å²) in [5.74, 6) is 0. The average Bonchev–Trinajstić information content (AvgIpc) is 2.46. The highest BCUT2D eigenvalue weighted by molar-refractivity contribution is 5.04. The first-order chi connectivity index (χ1) is 9.65. The van der Waals surface area contributed by atoms with Gasteiger partial charge in [0.2, 0.25) is 0 Å². The maximum absolute atomic E-state index is 8.92. The van der Waals surface area contributed by atoms with Crippen molar-refractivity contribution < 1.29 is 10.2 Å². The molecule has 20 heavy (non-hydrogen) atoms. The Morgan fingerprint density at radius 3 is 2.20 bits per heavy atom. The Balaban J connectivity index is 2.20. The van der Waals surface area contributed by atoms with E-state index in [1.807, 2.05) is 6.92 Å². The first kappa shape index (κ1) is 17.4. The molecule has 1 saturated heterocycles. The maximum Gasteiger partial charge on any atom is 0.0639 e. The van der Waals surface area contributed by atoms with Gasteiger partial charge in [-0.05, 0) is 26.7 Å². The summed E-state index contributed by atoms with van der Waals surface area (Å²) in [6.07, 6.45) is 6.52. The van der Waals surface area contributed by atoms with Gasteiger partial charge in [0.15, 0.2) is 0 Å². The van der Waals surface area contributed by atoms with Crippen molar-refractivity contribution >= 4 is 0 Å². The number of nitrogens with zero attached hydrogens (tertiary/aromatic N) is 2. The quantitative estimate of drug-likeness (QED) is 0.658. The van der Waals surface area contributed by atoms with E-state index in [-0.39, 0.29) is 13.2 Å². The summed E-state index contributed by atoms with van der Waals surface area (Å²) in [6, 6.07) is 0. The zero-order valence-corrected chi connectivity index (χ0v) is 13.0. The Bertz CT molecular complexity index is 318. The number of aliphatic hydroxyl groups is 2. The molecule has 4 nitrogen and oxygen atoms in total. The van der Waals surface area contributed by atoms with Crippen molar-refractivity contribution in [2.45, 2.75) is 26.7 Å². The van der Waals surface area contributed by atoms with E-state index < -0.39 is 0 Å². The van der Waals surface area contributed by atoms with Crippen molar-refractivity contribution in [3.05, 3.63) is 23.3 Å². The van der Waals surface area contributed by atoms with Crippen LogP contribution in [0.4, 0.5) is 0 Å². The fourth-order valence-electron chi connectivity index (χ4n) is 2.33. The lowest BCUT2D eigenvalue weighted by molar-refractivity contribution is 0.120. The molecule has 2 N–H and O–H groups in total. The molecule has 1 fully saturated rings. The van der Waals surface area contributed by atoms with Gasteiger partial charge in [-0.25, -0.2) is 0 Å². The molecule has 0 amide bonds. The van der Waals surface area contributed by atoms with E-state index >= 15 is 0 Å². The van der Waals surface area contributed by atoms with Crippen LogP contribution >= 0.6 is 0 Å². The van der Waals surface area contributed by atoms with Crippen LogP contribution in [0.15, 0.2) is 23.3 Å². The molecule has 0 aromatic heterocycles. The molecule has 1 aliphatic rings. The van der Waals surface area contributed by atoms with Gasteiger partial charge in [0, 0.05) is 39.3 Å². The van der Waals surface area contributed by atoms with Crippen LogP contribution < -0.4 is 0 Å². The van der Waals surface area contributed by atoms with Gasteiger partial charge < -0.3 is 10.2 Å². The second kappa shape index (κ2) is 10.1. The monoisotopic (exact) mass is 282 g/mol. The molecule has 0 radical (unpaired) electrons. The van der Waals surface area contributed by atoms with Gasteiger partial charge >= 0.3 is 0 Å². The van der Waals surface area contributed by atoms with Gasteiger partial charge in [-0.15, -0.1) is 0 Å². The van der Waals surface area contributed by atoms with Gasteiger partial charge in [-0.3, -0.25) is 9.80 Å². The van der Waals surface area contributed by atoms with E-state index in [0.29, 0.717) is 0 Å². The first-order valence-corrected chi connectivity index (χ1v) is 7.63. The largest absolute Gasteiger partial charge is 0.395 e. The topological polar surface area (TPSA) is 46.9 Å². The number of piperazine rings is 1. The summed E-state index contributed by atoms with van der Waals surface area (Å²) >= 11 is 0. The maximum atomic E-state index is 8.92. The third-order valence-corrected chi connectivity index (χ3v) is 3.86. The molecule has 4 heteroatoms. The van der Waals surface area contributed by atoms with Crippen LogP contribution in [-0.4, -0.2) is 72.5 Å². The van der Waals surface area contributed by atoms with Gasteiger partial charge in [0.1, 0.15) is 0 Å². The Kier molecular flexibility index (Phi) is 8.78. The zero-order valence-electron chi connectivity index (χ0n) is 13.0. The normalized spacial score (nSPS) is 19.6. The predicted octanol–water partition coefficient (Wildman–Crippen LogP) is 1.26. The fraction of sp³-hybridized carbons (Fsp3) is 0.750. The highest BCUT2D eigenvalue weighted by Crippen LogP contribution is 2.08. The number of rotatable bonds is 8. The molecule has 0 bridgehead atoms. The number of allylic oxidation sites excluding steroid dienone is 2. The van der Waals surface area contributed by atoms with Crippen molar-refractivity contribution in [2.24, 2.45) is 0 Å². The summed E-state index contributed by atoms with van der Waals surface area (Å²) in [6.45, 7) is 10.7. The lowest BCUT2D eigenvalue weighted by Gasteiger charge is -2.33. The molecular formula is C16H30N2O2. The van der Waals surface area contributed by atoms with Crippen LogP contribution in [0.2, 0.25) is 0 Å². The Morgan fingerprint density at radius 1 is 0.950 bits per heavy atom. The van der Waals surface area contributed by atoms with Gasteiger partial charge in [0.25, 0.3) is 0 Å². The molecule has 0 aromatic carbocycles. The smallest absolute Gasteiger partial charge is 0.0639 e. The lowest BCUT2D eigenvalue weighted by Crippen LogP contribution is -2.47. The minimum Gasteiger partial charge on any atom is -0.395 e. The number of hydrogen-bond acceptors (Lipinski definition) is 4. The standard InChI is InChI=1S/C16H30N2O2/c1-15(4-3-5-16(2)14-20)6-7-17-8-10-18(11-9-17)12-13-19/h5-6,19-20H,3-4,7-14H2,1-2H3. The molecule has 0 spiro atoms. The zero-order chi connectivity index (χ0) is 14.8. The fourth-order valence-corrected chi connectivity index (χ4v) is 2.33. The van der Waals surface area contributed by atoms with Crippen LogP contribution in [0.5, 0.6) is 0 Å². The Morgan fingerprint density at radius 2 is 1.60 bits per heavy atom. The molecule has 1 rings (SSSR count). The summed E-state index contributed by atoms with van der Waals surface area (Å²) < 4.78 is 0. The van der Waals surface area contributed by atoms with E-state index in [4.69, 9.17) is 10.2 Å². The van der Waals surface area contributed by atoms with Crippen molar-refractivity contribution in [3.8, 4) is 0 Å². The van der Waals surface area contributed by atoms with Crippen molar-refractivity contribution in [3.63, 3.8) is 0 Å². The Labute approximate surface area is 123 Å². The highest BCUT2D eigenvalue weighted by Gasteiger charge is 2.14. The van der Waals surface area contributed by atoms with E-state index in [9.17, 15) is 0 Å². The van der Waals surface area contributed by atoms with Crippen LogP contribution in [-0.2, 0) is 0 Å². The third kappa shape index (κ3) is 7.20. The minimum atomic E-state index is 0.168. The number of aliphatic hydroxyl groups excluding tert-OH is 2. The average molecular weight is 282 g/mol. The van der Waals surface area contributed by atoms with Gasteiger partial charge in [-0.2, -0.15) is 0 Å². The second-order valence-corrected chi connectivity index (χ2v) is 5.66. The van der Waals surface area contributed by atoms with E-state index in [0.717, 1.165) is 57.7 Å². The third-order valence-electron chi connectivity index (χ3n) is 3.86. The molecule has 1 aliphatic heterocycles. The molecule has 0 unspecified atom stereocenters. The summed E-state index contributed by atoms with van der Waals surface area (Å²) in [5, 5.41) is 17.8. The SMILES string of the molecule is CC(=CCCC(C)=CCN1CCN(CCO)CC1)CO. The van der Waals surface area contributed by atoms with Gasteiger partial charge in [0.05, 0.1) is 13.2 Å². The lowest BCUT2D eigenvalue weighted by atomic mass is 10.1. The van der Waals surface area contributed by atoms with Crippen molar-refractivity contribution in [1.29, 1.82) is 0 Å². The summed E-state index contributed by atoms with van der Waals surface area (Å²) in [5.41, 5.74) is 2.47. The number of β-amino-alcohol motifs (C(OH)–C–C–N with tert-alkyl or cyclic N) is 1. The second-order valence-electron chi connectivity index (χ2n) is 5.66. The molecule has 0 atom stereocenters. The van der Waals surface area contributed by atoms with Crippen LogP contribution in [0.25, 0.3) is 0 Å². The van der Waals surface area contributed by atoms with Crippen molar-refractivity contribution in [1.82, 2.24) is 9.80 Å². The van der Waals surface area contributed by atoms with Gasteiger partial charge in [-0.1, -0.05) is 23.3 Å². The number of hydrogen-bond donors (Lipinski definition) is 2. The first-order valence-electron chi connectivity index (χ1n) is 7.63. The summed E-state index contributed by atoms with van der Waals surface area (Å²) in [7, 11) is 0. The van der Waals surface area contributed by atoms with E-state index in [1.165, 1.54) is 5.57 Å². The Hall–Kier alpha value is -0.680. The molecule has 0 saturated carbocycles. The molecule has 116 valence electrons. The highest BCUT2D eigenvalue weighted by atomic mass is 16.3. The molecule has 1 heterocycles. The summed E-state index contributed by atoms with van der Waals surface area (Å²) in [4.78, 5) is 4.78.